The number of hydrogen-bond acceptors (Lipinski definition) is 5. The van der Waals surface area contributed by atoms with Crippen LogP contribution in [-0.4, -0.2) is 39.4 Å². The van der Waals surface area contributed by atoms with Crippen LogP contribution in [0.25, 0.3) is 0 Å². The quantitative estimate of drug-likeness (QED) is 0.245. The highest BCUT2D eigenvalue weighted by atomic mass is 16.2. The number of benzene rings is 3. The molecule has 0 aliphatic carbocycles. The van der Waals surface area contributed by atoms with E-state index >= 15 is 0 Å². The maximum atomic E-state index is 14.2. The molecule has 1 unspecified atom stereocenters. The molecule has 0 aliphatic rings. The van der Waals surface area contributed by atoms with E-state index in [1.165, 1.54) is 0 Å². The molecule has 1 atom stereocenters. The van der Waals surface area contributed by atoms with E-state index in [1.54, 1.807) is 16.4 Å². The Morgan fingerprint density at radius 2 is 1.51 bits per heavy atom. The monoisotopic (exact) mass is 579 g/mol. The molecule has 0 fully saturated rings. The number of hydrogen-bond donors (Lipinski definition) is 2. The van der Waals surface area contributed by atoms with Gasteiger partial charge in [0.2, 0.25) is 0 Å². The molecule has 1 heterocycles. The van der Waals surface area contributed by atoms with Crippen molar-refractivity contribution in [2.45, 2.75) is 53.2 Å². The third-order valence-corrected chi connectivity index (χ3v) is 7.48. The van der Waals surface area contributed by atoms with Gasteiger partial charge in [-0.25, -0.2) is 4.98 Å². The lowest BCUT2D eigenvalue weighted by Crippen LogP contribution is -2.44. The van der Waals surface area contributed by atoms with Crippen LogP contribution in [0.4, 0.5) is 0 Å². The average molecular weight is 580 g/mol. The predicted molar refractivity (Wildman–Crippen MR) is 170 cm³/mol. The molecule has 4 aromatic rings. The minimum atomic E-state index is -0.545. The number of nitrogens with one attached hydrogen (secondary N) is 1. The molecule has 0 spiro atoms. The van der Waals surface area contributed by atoms with Gasteiger partial charge >= 0.3 is 0 Å². The van der Waals surface area contributed by atoms with Gasteiger partial charge in [0.1, 0.15) is 11.4 Å². The largest absolute Gasteiger partial charge is 0.348 e. The van der Waals surface area contributed by atoms with Crippen molar-refractivity contribution in [1.29, 1.82) is 0 Å². The normalized spacial score (nSPS) is 11.8. The fraction of sp³-hybridized carbons (Fsp3) is 0.314. The predicted octanol–water partition coefficient (Wildman–Crippen LogP) is 5.03. The highest BCUT2D eigenvalue weighted by molar-refractivity contribution is 5.95. The van der Waals surface area contributed by atoms with Gasteiger partial charge in [0, 0.05) is 18.7 Å². The first kappa shape index (κ1) is 31.4. The lowest BCUT2D eigenvalue weighted by Gasteiger charge is -2.36. The summed E-state index contributed by atoms with van der Waals surface area (Å²) >= 11 is 0. The number of amides is 2. The van der Waals surface area contributed by atoms with Crippen molar-refractivity contribution < 1.29 is 9.59 Å². The molecule has 1 aromatic heterocycles. The molecule has 8 heteroatoms. The average Bonchev–Trinajstić information content (AvgIpc) is 3.00. The molecular weight excluding hydrogens is 538 g/mol. The number of nitrogens with two attached hydrogens (primary N) is 1. The van der Waals surface area contributed by atoms with E-state index in [-0.39, 0.29) is 30.5 Å². The first-order valence-electron chi connectivity index (χ1n) is 14.8. The van der Waals surface area contributed by atoms with Crippen molar-refractivity contribution in [3.8, 4) is 0 Å². The summed E-state index contributed by atoms with van der Waals surface area (Å²) in [4.78, 5) is 48.4. The summed E-state index contributed by atoms with van der Waals surface area (Å²) in [6, 6.07) is 26.0. The second-order valence-electron chi connectivity index (χ2n) is 11.2. The summed E-state index contributed by atoms with van der Waals surface area (Å²) in [7, 11) is 0. The smallest absolute Gasteiger partial charge is 0.267 e. The van der Waals surface area contributed by atoms with Gasteiger partial charge < -0.3 is 16.0 Å². The molecule has 8 nitrogen and oxygen atoms in total. The zero-order chi connectivity index (χ0) is 30.9. The molecule has 4 rings (SSSR count). The molecule has 0 saturated carbocycles. The molecule has 3 aromatic carbocycles. The second kappa shape index (κ2) is 14.6. The lowest BCUT2D eigenvalue weighted by atomic mass is 9.98. The third kappa shape index (κ3) is 7.64. The van der Waals surface area contributed by atoms with Crippen molar-refractivity contribution in [2.24, 2.45) is 11.7 Å². The van der Waals surface area contributed by atoms with E-state index in [9.17, 15) is 14.4 Å². The van der Waals surface area contributed by atoms with Crippen LogP contribution in [0.5, 0.6) is 0 Å². The molecule has 0 bridgehead atoms. The van der Waals surface area contributed by atoms with Crippen LogP contribution in [0.2, 0.25) is 0 Å². The first-order valence-corrected chi connectivity index (χ1v) is 14.8. The summed E-state index contributed by atoms with van der Waals surface area (Å²) in [5.74, 6) is -0.296. The Labute approximate surface area is 253 Å². The van der Waals surface area contributed by atoms with E-state index in [2.05, 4.69) is 5.32 Å². The zero-order valence-corrected chi connectivity index (χ0v) is 25.4. The fourth-order valence-corrected chi connectivity index (χ4v) is 5.24. The SMILES string of the molecule is Cc1ccc(C(=O)N(CCCN)C(c2nc(C)c(C(=O)NCc3ccccc3)c(=O)n2Cc2ccccc2)C(C)C)cc1. The minimum Gasteiger partial charge on any atom is -0.348 e. The number of rotatable bonds is 12. The Hall–Kier alpha value is -4.56. The number of carbonyl (C=O) groups is 2. The molecular formula is C35H41N5O3. The Morgan fingerprint density at radius 3 is 2.09 bits per heavy atom. The van der Waals surface area contributed by atoms with Gasteiger partial charge in [-0.3, -0.25) is 19.0 Å². The van der Waals surface area contributed by atoms with Crippen LogP contribution in [0, 0.1) is 19.8 Å². The van der Waals surface area contributed by atoms with E-state index < -0.39 is 17.5 Å². The summed E-state index contributed by atoms with van der Waals surface area (Å²) in [6.07, 6.45) is 0.586. The topological polar surface area (TPSA) is 110 Å². The van der Waals surface area contributed by atoms with E-state index in [4.69, 9.17) is 10.7 Å². The second-order valence-corrected chi connectivity index (χ2v) is 11.2. The van der Waals surface area contributed by atoms with Gasteiger partial charge in [-0.1, -0.05) is 92.2 Å². The molecule has 224 valence electrons. The minimum absolute atomic E-state index is 0.00325. The van der Waals surface area contributed by atoms with Gasteiger partial charge in [-0.2, -0.15) is 0 Å². The summed E-state index contributed by atoms with van der Waals surface area (Å²) in [5, 5.41) is 2.88. The summed E-state index contributed by atoms with van der Waals surface area (Å²) in [5.41, 5.74) is 9.20. The van der Waals surface area contributed by atoms with Gasteiger partial charge in [-0.15, -0.1) is 0 Å². The summed E-state index contributed by atoms with van der Waals surface area (Å²) in [6.45, 7) is 8.97. The van der Waals surface area contributed by atoms with Crippen LogP contribution in [0.15, 0.2) is 89.7 Å². The van der Waals surface area contributed by atoms with Gasteiger partial charge in [-0.05, 0) is 56.0 Å². The van der Waals surface area contributed by atoms with Crippen LogP contribution < -0.4 is 16.6 Å². The van der Waals surface area contributed by atoms with Crippen LogP contribution >= 0.6 is 0 Å². The van der Waals surface area contributed by atoms with Crippen molar-refractivity contribution >= 4 is 11.8 Å². The van der Waals surface area contributed by atoms with Gasteiger partial charge in [0.05, 0.1) is 18.3 Å². The van der Waals surface area contributed by atoms with E-state index in [0.29, 0.717) is 36.6 Å². The van der Waals surface area contributed by atoms with Crippen molar-refractivity contribution in [3.63, 3.8) is 0 Å². The number of aromatic nitrogens is 2. The van der Waals surface area contributed by atoms with Crippen LogP contribution in [0.3, 0.4) is 0 Å². The fourth-order valence-electron chi connectivity index (χ4n) is 5.24. The Morgan fingerprint density at radius 1 is 0.907 bits per heavy atom. The molecule has 2 amide bonds. The maximum Gasteiger partial charge on any atom is 0.267 e. The Bertz CT molecular complexity index is 1580. The lowest BCUT2D eigenvalue weighted by molar-refractivity contribution is 0.0601. The van der Waals surface area contributed by atoms with Crippen LogP contribution in [-0.2, 0) is 13.1 Å². The van der Waals surface area contributed by atoms with Crippen molar-refractivity contribution in [1.82, 2.24) is 19.8 Å². The number of nitrogens with zero attached hydrogens (tertiary/aromatic N) is 3. The van der Waals surface area contributed by atoms with Crippen LogP contribution in [0.1, 0.15) is 75.2 Å². The van der Waals surface area contributed by atoms with Crippen molar-refractivity contribution in [2.75, 3.05) is 13.1 Å². The molecule has 3 N–H and O–H groups in total. The standard InChI is InChI=1S/C35H41N5O3/c1-24(2)31(39(21-11-20-36)34(42)29-18-16-25(3)17-19-29)32-38-26(4)30(33(41)37-22-27-12-7-5-8-13-27)35(43)40(32)23-28-14-9-6-10-15-28/h5-10,12-19,24,31H,11,20-23,36H2,1-4H3,(H,37,41). The highest BCUT2D eigenvalue weighted by Crippen LogP contribution is 2.30. The van der Waals surface area contributed by atoms with Gasteiger partial charge in [0.25, 0.3) is 17.4 Å². The number of aryl methyl sites for hydroxylation is 2. The first-order chi connectivity index (χ1) is 20.7. The molecule has 0 aliphatic heterocycles. The van der Waals surface area contributed by atoms with E-state index in [0.717, 1.165) is 16.7 Å². The van der Waals surface area contributed by atoms with Crippen molar-refractivity contribution in [3.05, 3.63) is 135 Å². The molecule has 0 radical (unpaired) electrons. The van der Waals surface area contributed by atoms with E-state index in [1.807, 2.05) is 106 Å². The molecule has 0 saturated heterocycles. The summed E-state index contributed by atoms with van der Waals surface area (Å²) < 4.78 is 1.56. The Balaban J connectivity index is 1.83. The zero-order valence-electron chi connectivity index (χ0n) is 25.4. The maximum absolute atomic E-state index is 14.2. The third-order valence-electron chi connectivity index (χ3n) is 7.48. The molecule has 43 heavy (non-hydrogen) atoms. The number of carbonyl (C=O) groups excluding carboxylic acids is 2. The highest BCUT2D eigenvalue weighted by Gasteiger charge is 2.33. The Kier molecular flexibility index (Phi) is 10.6. The van der Waals surface area contributed by atoms with Gasteiger partial charge in [0.15, 0.2) is 0 Å².